The fraction of sp³-hybridized carbons (Fsp3) is 0.333. The second kappa shape index (κ2) is 14.7. The van der Waals surface area contributed by atoms with E-state index in [4.69, 9.17) is 4.74 Å². The van der Waals surface area contributed by atoms with E-state index in [9.17, 15) is 9.59 Å². The topological polar surface area (TPSA) is 64.6 Å². The van der Waals surface area contributed by atoms with Gasteiger partial charge in [0.15, 0.2) is 5.78 Å². The third kappa shape index (κ3) is 9.38. The third-order valence-corrected chi connectivity index (χ3v) is 7.25. The number of fused-ring (bicyclic) bond motifs is 1. The summed E-state index contributed by atoms with van der Waals surface area (Å²) in [6.45, 7) is 8.41. The molecule has 1 N–H and O–H groups in total. The SMILES string of the molecule is CC(C)(C)OC=O.O=C(CCc1ccc(C2CCNCC2OCc2ccc3ccccc3c2)cc1)c1ccccc1. The maximum Gasteiger partial charge on any atom is 0.293 e. The van der Waals surface area contributed by atoms with E-state index in [0.29, 0.717) is 25.4 Å². The van der Waals surface area contributed by atoms with Crippen molar-refractivity contribution < 1.29 is 19.1 Å². The van der Waals surface area contributed by atoms with Gasteiger partial charge in [0, 0.05) is 24.4 Å². The van der Waals surface area contributed by atoms with Gasteiger partial charge in [-0.1, -0.05) is 91.0 Å². The predicted molar refractivity (Wildman–Crippen MR) is 165 cm³/mol. The van der Waals surface area contributed by atoms with E-state index in [1.54, 1.807) is 0 Å². The Hall–Kier alpha value is -3.80. The molecule has 0 bridgehead atoms. The highest BCUT2D eigenvalue weighted by Gasteiger charge is 2.27. The molecular weight excluding hydrogens is 510 g/mol. The number of benzene rings is 4. The molecule has 1 heterocycles. The van der Waals surface area contributed by atoms with Crippen molar-refractivity contribution in [2.24, 2.45) is 0 Å². The number of ether oxygens (including phenoxy) is 2. The van der Waals surface area contributed by atoms with Gasteiger partial charge in [0.1, 0.15) is 5.60 Å². The zero-order chi connectivity index (χ0) is 29.1. The second-order valence-electron chi connectivity index (χ2n) is 11.5. The quantitative estimate of drug-likeness (QED) is 0.175. The van der Waals surface area contributed by atoms with Gasteiger partial charge in [0.2, 0.25) is 0 Å². The normalized spacial score (nSPS) is 16.9. The number of Topliss-reactive ketones (excluding diaryl/α,β-unsaturated/α-hetero) is 1. The number of piperidine rings is 1. The average molecular weight is 552 g/mol. The van der Waals surface area contributed by atoms with Crippen molar-refractivity contribution in [1.82, 2.24) is 5.32 Å². The molecule has 5 rings (SSSR count). The van der Waals surface area contributed by atoms with E-state index >= 15 is 0 Å². The Labute approximate surface area is 243 Å². The summed E-state index contributed by atoms with van der Waals surface area (Å²) in [7, 11) is 0. The lowest BCUT2D eigenvalue weighted by Gasteiger charge is -2.32. The number of rotatable bonds is 9. The Morgan fingerprint density at radius 2 is 1.56 bits per heavy atom. The van der Waals surface area contributed by atoms with Crippen molar-refractivity contribution >= 4 is 23.0 Å². The largest absolute Gasteiger partial charge is 0.462 e. The standard InChI is InChI=1S/C31H31NO2.C5H10O2/c33-30(27-7-2-1-3-8-27)17-13-23-10-15-26(16-11-23)29-18-19-32-21-31(29)34-22-24-12-14-25-6-4-5-9-28(25)20-24;1-5(2,3)7-4-6/h1-12,14-16,20,29,31-32H,13,17-19,21-22H2;4H,1-3H3. The van der Waals surface area contributed by atoms with E-state index in [-0.39, 0.29) is 17.5 Å². The maximum absolute atomic E-state index is 12.4. The van der Waals surface area contributed by atoms with Crippen molar-refractivity contribution in [3.8, 4) is 0 Å². The fourth-order valence-corrected chi connectivity index (χ4v) is 5.02. The van der Waals surface area contributed by atoms with Crippen molar-refractivity contribution in [2.75, 3.05) is 13.1 Å². The summed E-state index contributed by atoms with van der Waals surface area (Å²) in [6, 6.07) is 33.4. The number of carbonyl (C=O) groups is 2. The molecule has 0 radical (unpaired) electrons. The molecule has 0 amide bonds. The van der Waals surface area contributed by atoms with Gasteiger partial charge in [-0.05, 0) is 73.7 Å². The minimum Gasteiger partial charge on any atom is -0.462 e. The summed E-state index contributed by atoms with van der Waals surface area (Å²) in [5, 5.41) is 6.01. The molecule has 0 aliphatic carbocycles. The molecule has 2 unspecified atom stereocenters. The van der Waals surface area contributed by atoms with Crippen LogP contribution in [-0.4, -0.2) is 37.0 Å². The van der Waals surface area contributed by atoms with Crippen molar-refractivity contribution in [2.45, 2.75) is 64.3 Å². The minimum absolute atomic E-state index is 0.144. The van der Waals surface area contributed by atoms with E-state index in [0.717, 1.165) is 31.5 Å². The zero-order valence-corrected chi connectivity index (χ0v) is 24.3. The summed E-state index contributed by atoms with van der Waals surface area (Å²) >= 11 is 0. The van der Waals surface area contributed by atoms with Crippen LogP contribution in [0.1, 0.15) is 66.6 Å². The number of carbonyl (C=O) groups excluding carboxylic acids is 2. The van der Waals surface area contributed by atoms with Gasteiger partial charge < -0.3 is 14.8 Å². The van der Waals surface area contributed by atoms with E-state index in [1.165, 1.54) is 27.5 Å². The van der Waals surface area contributed by atoms with Crippen LogP contribution >= 0.6 is 0 Å². The highest BCUT2D eigenvalue weighted by Crippen LogP contribution is 2.29. The van der Waals surface area contributed by atoms with Crippen LogP contribution in [0.2, 0.25) is 0 Å². The van der Waals surface area contributed by atoms with Gasteiger partial charge in [-0.2, -0.15) is 0 Å². The average Bonchev–Trinajstić information content (AvgIpc) is 2.99. The van der Waals surface area contributed by atoms with Crippen molar-refractivity contribution in [3.05, 3.63) is 119 Å². The maximum atomic E-state index is 12.4. The molecule has 1 aliphatic heterocycles. The summed E-state index contributed by atoms with van der Waals surface area (Å²) < 4.78 is 11.0. The van der Waals surface area contributed by atoms with Gasteiger partial charge in [0.25, 0.3) is 6.47 Å². The fourth-order valence-electron chi connectivity index (χ4n) is 5.02. The first-order chi connectivity index (χ1) is 19.8. The van der Waals surface area contributed by atoms with Crippen LogP contribution in [0.15, 0.2) is 97.1 Å². The van der Waals surface area contributed by atoms with Crippen LogP contribution in [-0.2, 0) is 27.3 Å². The number of hydrogen-bond acceptors (Lipinski definition) is 5. The molecule has 4 aromatic rings. The van der Waals surface area contributed by atoms with Crippen LogP contribution < -0.4 is 5.32 Å². The smallest absolute Gasteiger partial charge is 0.293 e. The van der Waals surface area contributed by atoms with Crippen molar-refractivity contribution in [3.63, 3.8) is 0 Å². The lowest BCUT2D eigenvalue weighted by molar-refractivity contribution is -0.138. The molecule has 214 valence electrons. The molecule has 1 aliphatic rings. The van der Waals surface area contributed by atoms with Crippen molar-refractivity contribution in [1.29, 1.82) is 0 Å². The lowest BCUT2D eigenvalue weighted by Crippen LogP contribution is -2.40. The number of ketones is 1. The number of aryl methyl sites for hydroxylation is 1. The lowest BCUT2D eigenvalue weighted by atomic mass is 9.87. The Morgan fingerprint density at radius 3 is 2.24 bits per heavy atom. The van der Waals surface area contributed by atoms with Gasteiger partial charge in [-0.3, -0.25) is 9.59 Å². The zero-order valence-electron chi connectivity index (χ0n) is 24.3. The second-order valence-corrected chi connectivity index (χ2v) is 11.5. The molecule has 1 saturated heterocycles. The molecule has 5 nitrogen and oxygen atoms in total. The Kier molecular flexibility index (Phi) is 10.8. The summed E-state index contributed by atoms with van der Waals surface area (Å²) in [5.74, 6) is 0.576. The first kappa shape index (κ1) is 30.2. The predicted octanol–water partition coefficient (Wildman–Crippen LogP) is 7.28. The minimum atomic E-state index is -0.318. The highest BCUT2D eigenvalue weighted by molar-refractivity contribution is 5.96. The molecule has 1 fully saturated rings. The Bertz CT molecular complexity index is 1390. The monoisotopic (exact) mass is 551 g/mol. The number of hydrogen-bond donors (Lipinski definition) is 1. The van der Waals surface area contributed by atoms with Crippen LogP contribution in [0.25, 0.3) is 10.8 Å². The molecule has 41 heavy (non-hydrogen) atoms. The van der Waals surface area contributed by atoms with Gasteiger partial charge >= 0.3 is 0 Å². The number of nitrogens with one attached hydrogen (secondary N) is 1. The van der Waals surface area contributed by atoms with Crippen LogP contribution in [0.5, 0.6) is 0 Å². The Balaban J connectivity index is 0.000000493. The first-order valence-corrected chi connectivity index (χ1v) is 14.4. The first-order valence-electron chi connectivity index (χ1n) is 14.4. The third-order valence-electron chi connectivity index (χ3n) is 7.25. The van der Waals surface area contributed by atoms with E-state index in [2.05, 4.69) is 76.8 Å². The van der Waals surface area contributed by atoms with E-state index in [1.807, 2.05) is 51.1 Å². The van der Waals surface area contributed by atoms with Crippen LogP contribution in [0.4, 0.5) is 0 Å². The molecule has 5 heteroatoms. The Morgan fingerprint density at radius 1 is 0.878 bits per heavy atom. The van der Waals surface area contributed by atoms with Gasteiger partial charge in [-0.25, -0.2) is 0 Å². The van der Waals surface area contributed by atoms with Gasteiger partial charge in [-0.15, -0.1) is 0 Å². The van der Waals surface area contributed by atoms with Gasteiger partial charge in [0.05, 0.1) is 12.7 Å². The summed E-state index contributed by atoms with van der Waals surface area (Å²) in [5.41, 5.74) is 4.21. The van der Waals surface area contributed by atoms with Crippen LogP contribution in [0, 0.1) is 0 Å². The molecular formula is C36H41NO4. The molecule has 0 aromatic heterocycles. The van der Waals surface area contributed by atoms with Crippen LogP contribution in [0.3, 0.4) is 0 Å². The summed E-state index contributed by atoms with van der Waals surface area (Å²) in [4.78, 5) is 22.0. The molecule has 0 saturated carbocycles. The molecule has 4 aromatic carbocycles. The highest BCUT2D eigenvalue weighted by atomic mass is 16.5. The van der Waals surface area contributed by atoms with E-state index < -0.39 is 0 Å². The summed E-state index contributed by atoms with van der Waals surface area (Å²) in [6.07, 6.45) is 2.51. The molecule has 0 spiro atoms. The molecule has 2 atom stereocenters.